The maximum absolute atomic E-state index is 12.2. The molecule has 0 unspecified atom stereocenters. The molecule has 0 aliphatic rings. The van der Waals surface area contributed by atoms with Crippen molar-refractivity contribution in [2.75, 3.05) is 18.5 Å². The first-order valence-corrected chi connectivity index (χ1v) is 8.53. The SMILES string of the molecule is CCOC(=O)c1ccccc1NC(=O)C[NH2+][C@H](C)c1ccc(Cl)cc1. The van der Waals surface area contributed by atoms with Gasteiger partial charge in [0.1, 0.15) is 6.04 Å². The number of nitrogens with one attached hydrogen (secondary N) is 1. The lowest BCUT2D eigenvalue weighted by Crippen LogP contribution is -2.86. The molecule has 1 amide bonds. The number of para-hydroxylation sites is 1. The lowest BCUT2D eigenvalue weighted by molar-refractivity contribution is -0.682. The van der Waals surface area contributed by atoms with E-state index in [-0.39, 0.29) is 25.1 Å². The van der Waals surface area contributed by atoms with Crippen molar-refractivity contribution in [2.45, 2.75) is 19.9 Å². The van der Waals surface area contributed by atoms with Crippen molar-refractivity contribution in [1.82, 2.24) is 0 Å². The summed E-state index contributed by atoms with van der Waals surface area (Å²) in [5.41, 5.74) is 1.89. The summed E-state index contributed by atoms with van der Waals surface area (Å²) in [5, 5.41) is 5.38. The van der Waals surface area contributed by atoms with Gasteiger partial charge in [-0.15, -0.1) is 0 Å². The van der Waals surface area contributed by atoms with Gasteiger partial charge < -0.3 is 15.4 Å². The summed E-state index contributed by atoms with van der Waals surface area (Å²) in [4.78, 5) is 24.2. The van der Waals surface area contributed by atoms with Crippen LogP contribution in [0, 0.1) is 0 Å². The van der Waals surface area contributed by atoms with Gasteiger partial charge in [-0.25, -0.2) is 4.79 Å². The van der Waals surface area contributed by atoms with Crippen molar-refractivity contribution in [2.24, 2.45) is 0 Å². The number of carbonyl (C=O) groups excluding carboxylic acids is 2. The van der Waals surface area contributed by atoms with Crippen LogP contribution < -0.4 is 10.6 Å². The minimum absolute atomic E-state index is 0.114. The van der Waals surface area contributed by atoms with E-state index < -0.39 is 5.97 Å². The number of carbonyl (C=O) groups is 2. The van der Waals surface area contributed by atoms with Gasteiger partial charge in [0.15, 0.2) is 6.54 Å². The molecule has 2 aromatic carbocycles. The highest BCUT2D eigenvalue weighted by molar-refractivity contribution is 6.30. The predicted molar refractivity (Wildman–Crippen MR) is 97.7 cm³/mol. The first kappa shape index (κ1) is 19.0. The highest BCUT2D eigenvalue weighted by Crippen LogP contribution is 2.16. The zero-order valence-corrected chi connectivity index (χ0v) is 15.0. The summed E-state index contributed by atoms with van der Waals surface area (Å²) < 4.78 is 5.01. The number of anilines is 1. The lowest BCUT2D eigenvalue weighted by Gasteiger charge is -2.13. The Kier molecular flexibility index (Phi) is 6.98. The van der Waals surface area contributed by atoms with Crippen molar-refractivity contribution in [3.05, 3.63) is 64.7 Å². The van der Waals surface area contributed by atoms with E-state index in [0.717, 1.165) is 5.56 Å². The molecule has 0 fully saturated rings. The first-order valence-electron chi connectivity index (χ1n) is 8.16. The second kappa shape index (κ2) is 9.20. The maximum Gasteiger partial charge on any atom is 0.340 e. The number of benzene rings is 2. The zero-order valence-electron chi connectivity index (χ0n) is 14.3. The second-order valence-electron chi connectivity index (χ2n) is 5.59. The van der Waals surface area contributed by atoms with E-state index in [2.05, 4.69) is 5.32 Å². The lowest BCUT2D eigenvalue weighted by atomic mass is 10.1. The molecule has 25 heavy (non-hydrogen) atoms. The first-order chi connectivity index (χ1) is 12.0. The molecule has 2 aromatic rings. The summed E-state index contributed by atoms with van der Waals surface area (Å²) in [6, 6.07) is 14.5. The van der Waals surface area contributed by atoms with Gasteiger partial charge in [0.2, 0.25) is 0 Å². The van der Waals surface area contributed by atoms with E-state index in [1.54, 1.807) is 31.2 Å². The van der Waals surface area contributed by atoms with Crippen LogP contribution in [-0.2, 0) is 9.53 Å². The zero-order chi connectivity index (χ0) is 18.2. The van der Waals surface area contributed by atoms with Crippen LogP contribution in [0.25, 0.3) is 0 Å². The van der Waals surface area contributed by atoms with Gasteiger partial charge in [-0.3, -0.25) is 4.79 Å². The fourth-order valence-corrected chi connectivity index (χ4v) is 2.49. The van der Waals surface area contributed by atoms with E-state index in [4.69, 9.17) is 16.3 Å². The summed E-state index contributed by atoms with van der Waals surface area (Å²) in [6.07, 6.45) is 0. The van der Waals surface area contributed by atoms with Crippen LogP contribution >= 0.6 is 11.6 Å². The van der Waals surface area contributed by atoms with Crippen molar-refractivity contribution >= 4 is 29.2 Å². The molecule has 0 heterocycles. The van der Waals surface area contributed by atoms with Crippen LogP contribution in [0.1, 0.15) is 35.8 Å². The number of esters is 1. The summed E-state index contributed by atoms with van der Waals surface area (Å²) >= 11 is 5.88. The largest absolute Gasteiger partial charge is 0.462 e. The van der Waals surface area contributed by atoms with E-state index in [1.165, 1.54) is 0 Å². The molecule has 0 aliphatic carbocycles. The van der Waals surface area contributed by atoms with Crippen LogP contribution in [0.5, 0.6) is 0 Å². The molecule has 0 aliphatic heterocycles. The Morgan fingerprint density at radius 1 is 1.16 bits per heavy atom. The Morgan fingerprint density at radius 2 is 1.84 bits per heavy atom. The molecule has 0 bridgehead atoms. The van der Waals surface area contributed by atoms with E-state index in [1.807, 2.05) is 36.5 Å². The average Bonchev–Trinajstić information content (AvgIpc) is 2.61. The quantitative estimate of drug-likeness (QED) is 0.745. The maximum atomic E-state index is 12.2. The number of rotatable bonds is 7. The van der Waals surface area contributed by atoms with Gasteiger partial charge in [0.05, 0.1) is 17.9 Å². The molecule has 132 valence electrons. The van der Waals surface area contributed by atoms with Crippen LogP contribution in [0.2, 0.25) is 5.02 Å². The van der Waals surface area contributed by atoms with Gasteiger partial charge in [0, 0.05) is 10.6 Å². The average molecular weight is 362 g/mol. The number of nitrogens with two attached hydrogens (primary N) is 1. The Balaban J connectivity index is 1.94. The molecule has 0 saturated carbocycles. The molecule has 3 N–H and O–H groups in total. The van der Waals surface area contributed by atoms with Crippen LogP contribution in [-0.4, -0.2) is 25.0 Å². The number of quaternary nitrogens is 1. The highest BCUT2D eigenvalue weighted by atomic mass is 35.5. The molecule has 0 aromatic heterocycles. The molecule has 0 saturated heterocycles. The Morgan fingerprint density at radius 3 is 2.52 bits per heavy atom. The monoisotopic (exact) mass is 361 g/mol. The molecule has 1 atom stereocenters. The number of hydrogen-bond acceptors (Lipinski definition) is 3. The number of ether oxygens (including phenoxy) is 1. The summed E-state index contributed by atoms with van der Waals surface area (Å²) in [7, 11) is 0. The normalized spacial score (nSPS) is 11.6. The number of halogens is 1. The topological polar surface area (TPSA) is 72.0 Å². The Hall–Kier alpha value is -2.37. The van der Waals surface area contributed by atoms with Gasteiger partial charge in [-0.1, -0.05) is 35.9 Å². The minimum atomic E-state index is -0.447. The highest BCUT2D eigenvalue weighted by Gasteiger charge is 2.16. The third-order valence-electron chi connectivity index (χ3n) is 3.75. The molecule has 2 rings (SSSR count). The molecule has 5 nitrogen and oxygen atoms in total. The smallest absolute Gasteiger partial charge is 0.340 e. The van der Waals surface area contributed by atoms with Crippen molar-refractivity contribution < 1.29 is 19.6 Å². The number of amides is 1. The molecule has 6 heteroatoms. The number of hydrogen-bond donors (Lipinski definition) is 2. The Labute approximate surface area is 152 Å². The predicted octanol–water partition coefficient (Wildman–Crippen LogP) is 2.78. The summed E-state index contributed by atoms with van der Waals surface area (Å²) in [6.45, 7) is 4.28. The van der Waals surface area contributed by atoms with Gasteiger partial charge >= 0.3 is 5.97 Å². The van der Waals surface area contributed by atoms with Crippen LogP contribution in [0.15, 0.2) is 48.5 Å². The van der Waals surface area contributed by atoms with E-state index in [9.17, 15) is 9.59 Å². The Bertz CT molecular complexity index is 732. The van der Waals surface area contributed by atoms with Crippen molar-refractivity contribution in [3.8, 4) is 0 Å². The van der Waals surface area contributed by atoms with E-state index >= 15 is 0 Å². The van der Waals surface area contributed by atoms with Gasteiger partial charge in [-0.05, 0) is 38.1 Å². The summed E-state index contributed by atoms with van der Waals surface area (Å²) in [5.74, 6) is -0.630. The van der Waals surface area contributed by atoms with Gasteiger partial charge in [0.25, 0.3) is 5.91 Å². The molecule has 0 spiro atoms. The van der Waals surface area contributed by atoms with Crippen molar-refractivity contribution in [3.63, 3.8) is 0 Å². The van der Waals surface area contributed by atoms with E-state index in [0.29, 0.717) is 16.3 Å². The van der Waals surface area contributed by atoms with Crippen molar-refractivity contribution in [1.29, 1.82) is 0 Å². The second-order valence-corrected chi connectivity index (χ2v) is 6.03. The molecule has 0 radical (unpaired) electrons. The third kappa shape index (κ3) is 5.59. The standard InChI is InChI=1S/C19H21ClN2O3/c1-3-25-19(24)16-6-4-5-7-17(16)22-18(23)12-21-13(2)14-8-10-15(20)11-9-14/h4-11,13,21H,3,12H2,1-2H3,(H,22,23)/p+1/t13-/m1/s1. The molecular weight excluding hydrogens is 340 g/mol. The molecular formula is C19H22ClN2O3+. The minimum Gasteiger partial charge on any atom is -0.462 e. The van der Waals surface area contributed by atoms with Gasteiger partial charge in [-0.2, -0.15) is 0 Å². The van der Waals surface area contributed by atoms with Crippen LogP contribution in [0.3, 0.4) is 0 Å². The third-order valence-corrected chi connectivity index (χ3v) is 4.00. The van der Waals surface area contributed by atoms with Crippen LogP contribution in [0.4, 0.5) is 5.69 Å². The fraction of sp³-hybridized carbons (Fsp3) is 0.263. The fourth-order valence-electron chi connectivity index (χ4n) is 2.37.